The van der Waals surface area contributed by atoms with Crippen LogP contribution in [0.25, 0.3) is 0 Å². The topological polar surface area (TPSA) is 37.3 Å². The highest BCUT2D eigenvalue weighted by molar-refractivity contribution is 5.66. The molecule has 1 unspecified atom stereocenters. The normalized spacial score (nSPS) is 12.9. The highest BCUT2D eigenvalue weighted by atomic mass is 16.4. The standard InChI is InChI=1S/C28H52O2/c1-3-24-27(2)25-22-20-18-16-14-12-10-8-6-4-5-7-9-11-13-15-17-19-21-23-26-28(29)30/h9,11,17,19,27H,3-8,10,12-16,18,20-26H2,1-2H3,(H,29,30). The van der Waals surface area contributed by atoms with Crippen molar-refractivity contribution in [3.8, 4) is 0 Å². The van der Waals surface area contributed by atoms with E-state index in [1.165, 1.54) is 96.3 Å². The van der Waals surface area contributed by atoms with Gasteiger partial charge in [0.2, 0.25) is 0 Å². The zero-order valence-electron chi connectivity index (χ0n) is 20.4. The Balaban J connectivity index is 3.18. The van der Waals surface area contributed by atoms with Gasteiger partial charge in [-0.1, -0.05) is 122 Å². The van der Waals surface area contributed by atoms with Crippen LogP contribution in [0, 0.1) is 5.92 Å². The Morgan fingerprint density at radius 3 is 1.57 bits per heavy atom. The van der Waals surface area contributed by atoms with Gasteiger partial charge in [0, 0.05) is 6.42 Å². The van der Waals surface area contributed by atoms with E-state index in [2.05, 4.69) is 38.2 Å². The number of rotatable bonds is 23. The van der Waals surface area contributed by atoms with E-state index < -0.39 is 5.97 Å². The smallest absolute Gasteiger partial charge is 0.303 e. The molecule has 0 aromatic rings. The van der Waals surface area contributed by atoms with Crippen LogP contribution in [0.2, 0.25) is 0 Å². The Hall–Kier alpha value is -1.05. The first-order valence-electron chi connectivity index (χ1n) is 13.2. The zero-order valence-corrected chi connectivity index (χ0v) is 20.4. The van der Waals surface area contributed by atoms with Gasteiger partial charge in [-0.05, 0) is 44.4 Å². The van der Waals surface area contributed by atoms with Gasteiger partial charge in [-0.15, -0.1) is 0 Å². The summed E-state index contributed by atoms with van der Waals surface area (Å²) in [7, 11) is 0. The lowest BCUT2D eigenvalue weighted by atomic mass is 9.98. The Labute approximate surface area is 188 Å². The van der Waals surface area contributed by atoms with Gasteiger partial charge in [-0.2, -0.15) is 0 Å². The van der Waals surface area contributed by atoms with Crippen molar-refractivity contribution in [2.24, 2.45) is 5.92 Å². The summed E-state index contributed by atoms with van der Waals surface area (Å²) < 4.78 is 0. The fraction of sp³-hybridized carbons (Fsp3) is 0.821. The minimum Gasteiger partial charge on any atom is -0.481 e. The Morgan fingerprint density at radius 1 is 0.633 bits per heavy atom. The van der Waals surface area contributed by atoms with Crippen molar-refractivity contribution in [1.29, 1.82) is 0 Å². The van der Waals surface area contributed by atoms with Crippen molar-refractivity contribution in [3.05, 3.63) is 24.3 Å². The molecule has 0 amide bonds. The van der Waals surface area contributed by atoms with Gasteiger partial charge in [-0.25, -0.2) is 0 Å². The van der Waals surface area contributed by atoms with E-state index in [4.69, 9.17) is 5.11 Å². The van der Waals surface area contributed by atoms with Crippen LogP contribution in [-0.4, -0.2) is 11.1 Å². The SMILES string of the molecule is CCCC(C)CCCCCCCCCCCCCC=CCCC=CCCCC(=O)O. The quantitative estimate of drug-likeness (QED) is 0.132. The molecule has 0 aromatic heterocycles. The molecule has 0 aliphatic heterocycles. The summed E-state index contributed by atoms with van der Waals surface area (Å²) in [5, 5.41) is 8.56. The molecule has 0 heterocycles. The lowest BCUT2D eigenvalue weighted by Crippen LogP contribution is -1.93. The van der Waals surface area contributed by atoms with Crippen molar-refractivity contribution in [2.45, 2.75) is 142 Å². The summed E-state index contributed by atoms with van der Waals surface area (Å²) in [5.41, 5.74) is 0. The maximum absolute atomic E-state index is 10.4. The molecule has 0 rings (SSSR count). The number of carboxylic acid groups (broad SMARTS) is 1. The molecule has 0 saturated carbocycles. The fourth-order valence-electron chi connectivity index (χ4n) is 4.02. The largest absolute Gasteiger partial charge is 0.481 e. The minimum atomic E-state index is -0.695. The second-order valence-corrected chi connectivity index (χ2v) is 9.17. The Bertz CT molecular complexity index is 411. The molecule has 0 spiro atoms. The van der Waals surface area contributed by atoms with E-state index in [0.29, 0.717) is 0 Å². The average Bonchev–Trinajstić information content (AvgIpc) is 2.71. The van der Waals surface area contributed by atoms with Crippen LogP contribution in [0.3, 0.4) is 0 Å². The lowest BCUT2D eigenvalue weighted by Gasteiger charge is -2.09. The third kappa shape index (κ3) is 25.0. The Morgan fingerprint density at radius 2 is 1.07 bits per heavy atom. The summed E-state index contributed by atoms with van der Waals surface area (Å²) in [6.07, 6.45) is 34.1. The van der Waals surface area contributed by atoms with Crippen LogP contribution >= 0.6 is 0 Å². The first-order chi connectivity index (χ1) is 14.7. The molecule has 0 bridgehead atoms. The van der Waals surface area contributed by atoms with E-state index in [0.717, 1.165) is 31.6 Å². The van der Waals surface area contributed by atoms with Gasteiger partial charge in [0.1, 0.15) is 0 Å². The summed E-state index contributed by atoms with van der Waals surface area (Å²) in [6.45, 7) is 4.71. The van der Waals surface area contributed by atoms with E-state index >= 15 is 0 Å². The van der Waals surface area contributed by atoms with Crippen molar-refractivity contribution < 1.29 is 9.90 Å². The number of aliphatic carboxylic acids is 1. The molecule has 0 aromatic carbocycles. The highest BCUT2D eigenvalue weighted by Gasteiger charge is 2.00. The second kappa shape index (κ2) is 24.2. The van der Waals surface area contributed by atoms with Crippen LogP contribution in [0.15, 0.2) is 24.3 Å². The van der Waals surface area contributed by atoms with Crippen LogP contribution in [0.1, 0.15) is 142 Å². The van der Waals surface area contributed by atoms with E-state index in [-0.39, 0.29) is 6.42 Å². The van der Waals surface area contributed by atoms with E-state index in [9.17, 15) is 4.79 Å². The average molecular weight is 421 g/mol. The number of carbonyl (C=O) groups is 1. The van der Waals surface area contributed by atoms with E-state index in [1.54, 1.807) is 0 Å². The number of allylic oxidation sites excluding steroid dienone is 4. The number of hydrogen-bond acceptors (Lipinski definition) is 1. The second-order valence-electron chi connectivity index (χ2n) is 9.17. The monoisotopic (exact) mass is 420 g/mol. The van der Waals surface area contributed by atoms with Gasteiger partial charge >= 0.3 is 5.97 Å². The summed E-state index contributed by atoms with van der Waals surface area (Å²) in [6, 6.07) is 0. The van der Waals surface area contributed by atoms with Gasteiger partial charge < -0.3 is 5.11 Å². The molecule has 0 saturated heterocycles. The number of hydrogen-bond donors (Lipinski definition) is 1. The third-order valence-electron chi connectivity index (χ3n) is 5.94. The molecule has 0 aliphatic rings. The predicted octanol–water partition coefficient (Wildman–Crippen LogP) is 9.64. The zero-order chi connectivity index (χ0) is 22.1. The molecule has 0 aliphatic carbocycles. The third-order valence-corrected chi connectivity index (χ3v) is 5.94. The van der Waals surface area contributed by atoms with Crippen molar-refractivity contribution in [1.82, 2.24) is 0 Å². The van der Waals surface area contributed by atoms with Crippen molar-refractivity contribution in [3.63, 3.8) is 0 Å². The van der Waals surface area contributed by atoms with Gasteiger partial charge in [0.05, 0.1) is 0 Å². The summed E-state index contributed by atoms with van der Waals surface area (Å²) in [4.78, 5) is 10.4. The molecular formula is C28H52O2. The minimum absolute atomic E-state index is 0.281. The fourth-order valence-corrected chi connectivity index (χ4v) is 4.02. The first-order valence-corrected chi connectivity index (χ1v) is 13.2. The molecular weight excluding hydrogens is 368 g/mol. The van der Waals surface area contributed by atoms with Crippen LogP contribution < -0.4 is 0 Å². The first kappa shape index (κ1) is 28.9. The Kier molecular flexibility index (Phi) is 23.4. The highest BCUT2D eigenvalue weighted by Crippen LogP contribution is 2.16. The predicted molar refractivity (Wildman–Crippen MR) is 133 cm³/mol. The van der Waals surface area contributed by atoms with Gasteiger partial charge in [-0.3, -0.25) is 4.79 Å². The van der Waals surface area contributed by atoms with E-state index in [1.807, 2.05) is 0 Å². The van der Waals surface area contributed by atoms with Gasteiger partial charge in [0.25, 0.3) is 0 Å². The molecule has 0 fully saturated rings. The number of unbranched alkanes of at least 4 members (excludes halogenated alkanes) is 13. The van der Waals surface area contributed by atoms with Crippen molar-refractivity contribution >= 4 is 5.97 Å². The maximum atomic E-state index is 10.4. The summed E-state index contributed by atoms with van der Waals surface area (Å²) in [5.74, 6) is 0.246. The molecule has 0 radical (unpaired) electrons. The number of carboxylic acids is 1. The van der Waals surface area contributed by atoms with Crippen LogP contribution in [0.4, 0.5) is 0 Å². The molecule has 1 atom stereocenters. The maximum Gasteiger partial charge on any atom is 0.303 e. The lowest BCUT2D eigenvalue weighted by molar-refractivity contribution is -0.137. The van der Waals surface area contributed by atoms with Crippen LogP contribution in [-0.2, 0) is 4.79 Å². The molecule has 1 N–H and O–H groups in total. The molecule has 2 heteroatoms. The van der Waals surface area contributed by atoms with Crippen molar-refractivity contribution in [2.75, 3.05) is 0 Å². The summed E-state index contributed by atoms with van der Waals surface area (Å²) >= 11 is 0. The molecule has 30 heavy (non-hydrogen) atoms. The van der Waals surface area contributed by atoms with Crippen LogP contribution in [0.5, 0.6) is 0 Å². The van der Waals surface area contributed by atoms with Gasteiger partial charge in [0.15, 0.2) is 0 Å². The molecule has 176 valence electrons. The molecule has 2 nitrogen and oxygen atoms in total.